The molecule has 2 heterocycles. The number of hydrogen-bond acceptors (Lipinski definition) is 3. The number of fused-ring (bicyclic) bond motifs is 2. The number of nitrogens with zero attached hydrogens (tertiary/aromatic N) is 2. The van der Waals surface area contributed by atoms with Crippen molar-refractivity contribution >= 4 is 16.8 Å². The smallest absolute Gasteiger partial charge is 0.252 e. The molecule has 138 valence electrons. The van der Waals surface area contributed by atoms with Crippen LogP contribution in [0.3, 0.4) is 0 Å². The molecule has 0 fully saturated rings. The lowest BCUT2D eigenvalue weighted by atomic mass is 9.95. The van der Waals surface area contributed by atoms with E-state index in [1.54, 1.807) is 18.2 Å². The number of nitrogens with one attached hydrogen (secondary N) is 1. The van der Waals surface area contributed by atoms with Crippen LogP contribution in [0.2, 0.25) is 0 Å². The van der Waals surface area contributed by atoms with Gasteiger partial charge in [-0.1, -0.05) is 43.3 Å². The molecule has 2 aromatic carbocycles. The molecular formula is C22H22FN3O. The number of pyridine rings is 1. The Bertz CT molecular complexity index is 1000. The molecule has 1 aliphatic heterocycles. The summed E-state index contributed by atoms with van der Waals surface area (Å²) in [4.78, 5) is 20.2. The highest BCUT2D eigenvalue weighted by Gasteiger charge is 2.25. The highest BCUT2D eigenvalue weighted by atomic mass is 19.1. The Kier molecular flexibility index (Phi) is 4.86. The maximum Gasteiger partial charge on any atom is 0.252 e. The van der Waals surface area contributed by atoms with Crippen molar-refractivity contribution in [1.29, 1.82) is 0 Å². The van der Waals surface area contributed by atoms with E-state index < -0.39 is 0 Å². The second-order valence-corrected chi connectivity index (χ2v) is 6.82. The van der Waals surface area contributed by atoms with Gasteiger partial charge in [-0.15, -0.1) is 0 Å². The minimum atomic E-state index is -0.309. The Labute approximate surface area is 158 Å². The van der Waals surface area contributed by atoms with Crippen molar-refractivity contribution in [3.05, 3.63) is 76.7 Å². The van der Waals surface area contributed by atoms with E-state index in [1.807, 2.05) is 24.3 Å². The van der Waals surface area contributed by atoms with Crippen molar-refractivity contribution in [3.8, 4) is 0 Å². The van der Waals surface area contributed by atoms with Crippen LogP contribution in [-0.4, -0.2) is 28.9 Å². The van der Waals surface area contributed by atoms with Gasteiger partial charge in [0.25, 0.3) is 5.91 Å². The lowest BCUT2D eigenvalue weighted by Gasteiger charge is -2.29. The fourth-order valence-corrected chi connectivity index (χ4v) is 3.68. The van der Waals surface area contributed by atoms with Gasteiger partial charge in [-0.05, 0) is 18.7 Å². The summed E-state index contributed by atoms with van der Waals surface area (Å²) >= 11 is 0. The zero-order valence-electron chi connectivity index (χ0n) is 15.3. The van der Waals surface area contributed by atoms with Crippen molar-refractivity contribution < 1.29 is 9.18 Å². The first-order valence-corrected chi connectivity index (χ1v) is 9.32. The summed E-state index contributed by atoms with van der Waals surface area (Å²) in [6.07, 6.45) is 0.835. The molecule has 27 heavy (non-hydrogen) atoms. The molecule has 4 nitrogen and oxygen atoms in total. The number of likely N-dealkylation sites (N-methyl/N-ethyl adjacent to an activating group) is 1. The standard InChI is InChI=1S/C22H22FN3O/c1-2-26-12-11-20-17(14-26)21(16-8-4-6-10-19(16)25-20)22(27)24-13-15-7-3-5-9-18(15)23/h3-10H,2,11-14H2,1H3,(H,24,27). The Morgan fingerprint density at radius 1 is 1.19 bits per heavy atom. The average Bonchev–Trinajstić information content (AvgIpc) is 2.70. The Balaban J connectivity index is 1.73. The predicted molar refractivity (Wildman–Crippen MR) is 104 cm³/mol. The number of halogens is 1. The number of amides is 1. The lowest BCUT2D eigenvalue weighted by Crippen LogP contribution is -2.34. The van der Waals surface area contributed by atoms with Gasteiger partial charge in [-0.3, -0.25) is 14.7 Å². The number of carbonyl (C=O) groups is 1. The van der Waals surface area contributed by atoms with Crippen LogP contribution >= 0.6 is 0 Å². The third kappa shape index (κ3) is 3.43. The summed E-state index contributed by atoms with van der Waals surface area (Å²) in [7, 11) is 0. The predicted octanol–water partition coefficient (Wildman–Crippen LogP) is 3.68. The fourth-order valence-electron chi connectivity index (χ4n) is 3.68. The first-order chi connectivity index (χ1) is 13.2. The average molecular weight is 363 g/mol. The van der Waals surface area contributed by atoms with Crippen molar-refractivity contribution in [1.82, 2.24) is 15.2 Å². The van der Waals surface area contributed by atoms with E-state index >= 15 is 0 Å². The van der Waals surface area contributed by atoms with Crippen LogP contribution in [0.4, 0.5) is 4.39 Å². The quantitative estimate of drug-likeness (QED) is 0.769. The molecule has 0 atom stereocenters. The van der Waals surface area contributed by atoms with Crippen LogP contribution in [0, 0.1) is 5.82 Å². The van der Waals surface area contributed by atoms with Crippen LogP contribution in [0.15, 0.2) is 48.5 Å². The molecule has 1 amide bonds. The van der Waals surface area contributed by atoms with Gasteiger partial charge >= 0.3 is 0 Å². The number of rotatable bonds is 4. The van der Waals surface area contributed by atoms with E-state index in [2.05, 4.69) is 17.1 Å². The largest absolute Gasteiger partial charge is 0.348 e. The van der Waals surface area contributed by atoms with Crippen LogP contribution < -0.4 is 5.32 Å². The van der Waals surface area contributed by atoms with Crippen molar-refractivity contribution in [2.75, 3.05) is 13.1 Å². The topological polar surface area (TPSA) is 45.2 Å². The first-order valence-electron chi connectivity index (χ1n) is 9.32. The molecule has 1 aliphatic rings. The zero-order valence-corrected chi connectivity index (χ0v) is 15.3. The Hall–Kier alpha value is -2.79. The first kappa shape index (κ1) is 17.6. The van der Waals surface area contributed by atoms with E-state index in [-0.39, 0.29) is 18.3 Å². The molecule has 0 spiro atoms. The summed E-state index contributed by atoms with van der Waals surface area (Å²) in [5, 5.41) is 3.75. The van der Waals surface area contributed by atoms with Gasteiger partial charge in [0.15, 0.2) is 0 Å². The normalized spacial score (nSPS) is 14.1. The number of aromatic nitrogens is 1. The molecule has 0 bridgehead atoms. The second-order valence-electron chi connectivity index (χ2n) is 6.82. The summed E-state index contributed by atoms with van der Waals surface area (Å²) < 4.78 is 13.9. The molecule has 0 aliphatic carbocycles. The molecule has 0 radical (unpaired) electrons. The maximum absolute atomic E-state index is 13.9. The number of para-hydroxylation sites is 1. The lowest BCUT2D eigenvalue weighted by molar-refractivity contribution is 0.0949. The zero-order chi connectivity index (χ0) is 18.8. The monoisotopic (exact) mass is 363 g/mol. The number of benzene rings is 2. The molecule has 5 heteroatoms. The van der Waals surface area contributed by atoms with Gasteiger partial charge in [0, 0.05) is 48.3 Å². The van der Waals surface area contributed by atoms with Crippen LogP contribution in [0.25, 0.3) is 10.9 Å². The van der Waals surface area contributed by atoms with E-state index in [1.165, 1.54) is 6.07 Å². The number of hydrogen-bond donors (Lipinski definition) is 1. The highest BCUT2D eigenvalue weighted by Crippen LogP contribution is 2.28. The van der Waals surface area contributed by atoms with Crippen molar-refractivity contribution in [3.63, 3.8) is 0 Å². The van der Waals surface area contributed by atoms with Gasteiger partial charge in [0.2, 0.25) is 0 Å². The Morgan fingerprint density at radius 3 is 2.78 bits per heavy atom. The van der Waals surface area contributed by atoms with Crippen LogP contribution in [-0.2, 0) is 19.5 Å². The highest BCUT2D eigenvalue weighted by molar-refractivity contribution is 6.07. The SMILES string of the molecule is CCN1CCc2nc3ccccc3c(C(=O)NCc3ccccc3F)c2C1. The van der Waals surface area contributed by atoms with Crippen LogP contribution in [0.5, 0.6) is 0 Å². The number of carbonyl (C=O) groups excluding carboxylic acids is 1. The molecule has 0 saturated carbocycles. The van der Waals surface area contributed by atoms with Gasteiger partial charge in [-0.25, -0.2) is 4.39 Å². The van der Waals surface area contributed by atoms with Gasteiger partial charge in [-0.2, -0.15) is 0 Å². The van der Waals surface area contributed by atoms with E-state index in [0.29, 0.717) is 17.7 Å². The van der Waals surface area contributed by atoms with E-state index in [0.717, 1.165) is 41.7 Å². The summed E-state index contributed by atoms with van der Waals surface area (Å²) in [6, 6.07) is 14.2. The third-order valence-corrected chi connectivity index (χ3v) is 5.20. The van der Waals surface area contributed by atoms with E-state index in [4.69, 9.17) is 4.98 Å². The Morgan fingerprint density at radius 2 is 1.96 bits per heavy atom. The summed E-state index contributed by atoms with van der Waals surface area (Å²) in [5.41, 5.74) is 3.97. The summed E-state index contributed by atoms with van der Waals surface area (Å²) in [5.74, 6) is -0.484. The van der Waals surface area contributed by atoms with E-state index in [9.17, 15) is 9.18 Å². The second kappa shape index (κ2) is 7.45. The van der Waals surface area contributed by atoms with Gasteiger partial charge in [0.05, 0.1) is 11.1 Å². The minimum Gasteiger partial charge on any atom is -0.348 e. The molecule has 0 saturated heterocycles. The molecule has 3 aromatic rings. The van der Waals surface area contributed by atoms with Gasteiger partial charge < -0.3 is 5.32 Å². The van der Waals surface area contributed by atoms with Gasteiger partial charge in [0.1, 0.15) is 5.82 Å². The minimum absolute atomic E-state index is 0.161. The van der Waals surface area contributed by atoms with Crippen LogP contribution in [0.1, 0.15) is 34.1 Å². The molecule has 1 aromatic heterocycles. The fraction of sp³-hybridized carbons (Fsp3) is 0.273. The maximum atomic E-state index is 13.9. The van der Waals surface area contributed by atoms with Crippen molar-refractivity contribution in [2.24, 2.45) is 0 Å². The summed E-state index contributed by atoms with van der Waals surface area (Å²) in [6.45, 7) is 4.88. The molecule has 4 rings (SSSR count). The molecular weight excluding hydrogens is 341 g/mol. The third-order valence-electron chi connectivity index (χ3n) is 5.20. The van der Waals surface area contributed by atoms with Crippen molar-refractivity contribution in [2.45, 2.75) is 26.4 Å². The molecule has 1 N–H and O–H groups in total. The molecule has 0 unspecified atom stereocenters.